The molecule has 100 valence electrons. The molecule has 0 aliphatic heterocycles. The molecule has 0 aromatic rings. The van der Waals surface area contributed by atoms with Crippen molar-refractivity contribution in [2.24, 2.45) is 28.2 Å². The Balaban J connectivity index is 2.36. The van der Waals surface area contributed by atoms with Gasteiger partial charge in [0.1, 0.15) is 0 Å². The van der Waals surface area contributed by atoms with Gasteiger partial charge in [0.2, 0.25) is 0 Å². The van der Waals surface area contributed by atoms with Crippen LogP contribution in [0, 0.1) is 23.2 Å². The molecule has 0 amide bonds. The molecule has 0 saturated heterocycles. The zero-order chi connectivity index (χ0) is 13.3. The highest BCUT2D eigenvalue weighted by atomic mass is 32.1. The number of nitrogens with zero attached hydrogens (tertiary/aromatic N) is 1. The van der Waals surface area contributed by atoms with Gasteiger partial charge in [-0.1, -0.05) is 32.9 Å². The molecule has 0 radical (unpaired) electrons. The molecule has 2 aliphatic carbocycles. The van der Waals surface area contributed by atoms with Crippen molar-refractivity contribution in [1.82, 2.24) is 0 Å². The summed E-state index contributed by atoms with van der Waals surface area (Å²) < 4.78 is 0. The minimum atomic E-state index is 0.328. The van der Waals surface area contributed by atoms with Crippen LogP contribution in [0.25, 0.3) is 0 Å². The number of thiocarbonyl (C=S) groups is 1. The Kier molecular flexibility index (Phi) is 4.08. The van der Waals surface area contributed by atoms with Crippen LogP contribution in [0.3, 0.4) is 0 Å². The molecule has 2 rings (SSSR count). The van der Waals surface area contributed by atoms with E-state index >= 15 is 0 Å². The van der Waals surface area contributed by atoms with Crippen molar-refractivity contribution >= 4 is 17.4 Å². The molecule has 0 bridgehead atoms. The van der Waals surface area contributed by atoms with E-state index in [0.29, 0.717) is 29.2 Å². The summed E-state index contributed by atoms with van der Waals surface area (Å²) >= 11 is 4.89. The predicted octanol–water partition coefficient (Wildman–Crippen LogP) is 4.89. The maximum Gasteiger partial charge on any atom is 0.0703 e. The van der Waals surface area contributed by atoms with Gasteiger partial charge in [0.25, 0.3) is 0 Å². The van der Waals surface area contributed by atoms with E-state index in [1.165, 1.54) is 37.7 Å². The first-order valence-corrected chi connectivity index (χ1v) is 7.65. The van der Waals surface area contributed by atoms with Crippen molar-refractivity contribution in [2.75, 3.05) is 0 Å². The van der Waals surface area contributed by atoms with Crippen molar-refractivity contribution in [3.05, 3.63) is 12.2 Å². The van der Waals surface area contributed by atoms with Crippen LogP contribution in [0.4, 0.5) is 0 Å². The van der Waals surface area contributed by atoms with E-state index in [9.17, 15) is 0 Å². The van der Waals surface area contributed by atoms with Crippen LogP contribution in [0.2, 0.25) is 0 Å². The lowest BCUT2D eigenvalue weighted by Crippen LogP contribution is -2.48. The van der Waals surface area contributed by atoms with E-state index in [2.05, 4.69) is 37.5 Å². The van der Waals surface area contributed by atoms with Crippen molar-refractivity contribution in [1.29, 1.82) is 0 Å². The average Bonchev–Trinajstić information content (AvgIpc) is 2.28. The van der Waals surface area contributed by atoms with Gasteiger partial charge in [-0.3, -0.25) is 0 Å². The van der Waals surface area contributed by atoms with Gasteiger partial charge >= 0.3 is 0 Å². The van der Waals surface area contributed by atoms with Crippen LogP contribution >= 0.6 is 12.2 Å². The minimum Gasteiger partial charge on any atom is -0.228 e. The fourth-order valence-electron chi connectivity index (χ4n) is 4.33. The normalized spacial score (nSPS) is 40.2. The van der Waals surface area contributed by atoms with Crippen molar-refractivity contribution in [3.63, 3.8) is 0 Å². The third kappa shape index (κ3) is 2.33. The monoisotopic (exact) mass is 263 g/mol. The standard InChI is InChI=1S/C16H25NS/c1-11(2)13-7-9-16(4)8-5-6-12(3)14(16)15(13)17-10-18/h11,13-15H,3,5-9H2,1-2,4H3/t13?,14-,15+,16-/m1/s1. The van der Waals surface area contributed by atoms with E-state index in [1.54, 1.807) is 0 Å². The third-order valence-corrected chi connectivity index (χ3v) is 5.43. The second-order valence-electron chi connectivity index (χ2n) is 6.80. The van der Waals surface area contributed by atoms with Crippen LogP contribution < -0.4 is 0 Å². The van der Waals surface area contributed by atoms with Crippen molar-refractivity contribution in [3.8, 4) is 0 Å². The highest BCUT2D eigenvalue weighted by molar-refractivity contribution is 7.78. The largest absolute Gasteiger partial charge is 0.228 e. The fraction of sp³-hybridized carbons (Fsp3) is 0.812. The van der Waals surface area contributed by atoms with Gasteiger partial charge in [0.15, 0.2) is 0 Å². The second kappa shape index (κ2) is 5.27. The first-order valence-electron chi connectivity index (χ1n) is 7.24. The van der Waals surface area contributed by atoms with E-state index < -0.39 is 0 Å². The summed E-state index contributed by atoms with van der Waals surface area (Å²) in [6.07, 6.45) is 6.40. The molecule has 4 atom stereocenters. The molecular formula is C16H25NS. The van der Waals surface area contributed by atoms with Gasteiger partial charge in [-0.15, -0.1) is 0 Å². The van der Waals surface area contributed by atoms with Gasteiger partial charge in [-0.25, -0.2) is 4.99 Å². The SMILES string of the molecule is C=C1CCC[C@]2(C)CCC(C(C)C)[C@H](N=C=S)[C@@H]12. The maximum absolute atomic E-state index is 4.89. The minimum absolute atomic E-state index is 0.328. The zero-order valence-corrected chi connectivity index (χ0v) is 12.7. The molecular weight excluding hydrogens is 238 g/mol. The topological polar surface area (TPSA) is 12.4 Å². The summed E-state index contributed by atoms with van der Waals surface area (Å²) in [6.45, 7) is 11.4. The Morgan fingerprint density at radius 2 is 2.17 bits per heavy atom. The number of fused-ring (bicyclic) bond motifs is 1. The summed E-state index contributed by atoms with van der Waals surface area (Å²) in [7, 11) is 0. The van der Waals surface area contributed by atoms with Gasteiger partial charge in [0.05, 0.1) is 11.2 Å². The summed E-state index contributed by atoms with van der Waals surface area (Å²) in [4.78, 5) is 4.57. The molecule has 0 N–H and O–H groups in total. The third-order valence-electron chi connectivity index (χ3n) is 5.32. The molecule has 0 spiro atoms. The van der Waals surface area contributed by atoms with E-state index in [0.717, 1.165) is 0 Å². The lowest BCUT2D eigenvalue weighted by molar-refractivity contribution is 0.0384. The second-order valence-corrected chi connectivity index (χ2v) is 6.98. The number of aliphatic imine (C=N–C) groups is 1. The van der Waals surface area contributed by atoms with E-state index in [1.807, 2.05) is 0 Å². The van der Waals surface area contributed by atoms with Gasteiger partial charge in [-0.05, 0) is 61.6 Å². The molecule has 2 aliphatic rings. The Labute approximate surface area is 117 Å². The van der Waals surface area contributed by atoms with Crippen molar-refractivity contribution in [2.45, 2.75) is 58.9 Å². The molecule has 2 saturated carbocycles. The van der Waals surface area contributed by atoms with Crippen LogP contribution in [0.5, 0.6) is 0 Å². The molecule has 1 unspecified atom stereocenters. The molecule has 0 aromatic carbocycles. The Hall–Kier alpha value is -0.460. The Morgan fingerprint density at radius 3 is 2.78 bits per heavy atom. The molecule has 18 heavy (non-hydrogen) atoms. The number of hydrogen-bond acceptors (Lipinski definition) is 2. The Morgan fingerprint density at radius 1 is 1.44 bits per heavy atom. The smallest absolute Gasteiger partial charge is 0.0703 e. The molecule has 0 heterocycles. The predicted molar refractivity (Wildman–Crippen MR) is 81.0 cm³/mol. The number of isothiocyanates is 1. The first-order chi connectivity index (χ1) is 8.49. The van der Waals surface area contributed by atoms with E-state index in [-0.39, 0.29) is 0 Å². The highest BCUT2D eigenvalue weighted by Gasteiger charge is 2.49. The lowest BCUT2D eigenvalue weighted by Gasteiger charge is -2.52. The summed E-state index contributed by atoms with van der Waals surface area (Å²) in [6, 6.07) is 0.328. The zero-order valence-electron chi connectivity index (χ0n) is 11.9. The molecule has 1 nitrogen and oxygen atoms in total. The summed E-state index contributed by atoms with van der Waals surface area (Å²) in [5.74, 6) is 1.85. The van der Waals surface area contributed by atoms with Crippen LogP contribution in [0.1, 0.15) is 52.9 Å². The summed E-state index contributed by atoms with van der Waals surface area (Å²) in [5.41, 5.74) is 1.81. The molecule has 2 fully saturated rings. The van der Waals surface area contributed by atoms with Crippen molar-refractivity contribution < 1.29 is 0 Å². The maximum atomic E-state index is 4.89. The fourth-order valence-corrected chi connectivity index (χ4v) is 4.45. The van der Waals surface area contributed by atoms with E-state index in [4.69, 9.17) is 12.2 Å². The first kappa shape index (κ1) is 14.0. The molecule has 2 heteroatoms. The van der Waals surface area contributed by atoms with Gasteiger partial charge < -0.3 is 0 Å². The van der Waals surface area contributed by atoms with Gasteiger partial charge in [-0.2, -0.15) is 0 Å². The number of hydrogen-bond donors (Lipinski definition) is 0. The highest BCUT2D eigenvalue weighted by Crippen LogP contribution is 2.55. The number of rotatable bonds is 2. The van der Waals surface area contributed by atoms with Crippen LogP contribution in [-0.2, 0) is 0 Å². The summed E-state index contributed by atoms with van der Waals surface area (Å²) in [5, 5.41) is 2.66. The van der Waals surface area contributed by atoms with Crippen LogP contribution in [-0.4, -0.2) is 11.2 Å². The lowest BCUT2D eigenvalue weighted by atomic mass is 9.54. The van der Waals surface area contributed by atoms with Gasteiger partial charge in [0, 0.05) is 5.92 Å². The Bertz CT molecular complexity index is 381. The molecule has 0 aromatic heterocycles. The quantitative estimate of drug-likeness (QED) is 0.393. The van der Waals surface area contributed by atoms with Crippen LogP contribution in [0.15, 0.2) is 17.1 Å². The average molecular weight is 263 g/mol.